The molecular formula is C24H27FN2O5S. The van der Waals surface area contributed by atoms with Crippen LogP contribution in [0.4, 0.5) is 4.39 Å². The van der Waals surface area contributed by atoms with Crippen LogP contribution in [0.25, 0.3) is 10.9 Å². The molecular weight excluding hydrogens is 447 g/mol. The number of aliphatic carboxylic acids is 1. The Labute approximate surface area is 192 Å². The summed E-state index contributed by atoms with van der Waals surface area (Å²) in [6.45, 7) is 4.26. The molecule has 0 radical (unpaired) electrons. The van der Waals surface area contributed by atoms with Crippen molar-refractivity contribution in [2.75, 3.05) is 13.1 Å². The third kappa shape index (κ3) is 4.89. The second kappa shape index (κ2) is 9.15. The van der Waals surface area contributed by atoms with Crippen LogP contribution >= 0.6 is 0 Å². The minimum Gasteiger partial charge on any atom is -0.491 e. The molecule has 0 bridgehead atoms. The zero-order valence-electron chi connectivity index (χ0n) is 18.6. The highest BCUT2D eigenvalue weighted by Crippen LogP contribution is 2.36. The predicted molar refractivity (Wildman–Crippen MR) is 122 cm³/mol. The lowest BCUT2D eigenvalue weighted by Crippen LogP contribution is -2.37. The Balaban J connectivity index is 1.52. The number of carboxylic acids is 1. The molecule has 0 unspecified atom stereocenters. The molecule has 2 heterocycles. The second-order valence-corrected chi connectivity index (χ2v) is 10.5. The summed E-state index contributed by atoms with van der Waals surface area (Å²) in [6.07, 6.45) is 2.90. The summed E-state index contributed by atoms with van der Waals surface area (Å²) in [6, 6.07) is 10.8. The molecule has 0 aliphatic carbocycles. The number of hydrogen-bond acceptors (Lipinski definition) is 4. The summed E-state index contributed by atoms with van der Waals surface area (Å²) in [7, 11) is -3.64. The molecule has 1 fully saturated rings. The first-order valence-corrected chi connectivity index (χ1v) is 12.4. The second-order valence-electron chi connectivity index (χ2n) is 8.58. The molecule has 1 N–H and O–H groups in total. The van der Waals surface area contributed by atoms with Crippen LogP contribution in [-0.2, 0) is 21.4 Å². The van der Waals surface area contributed by atoms with Gasteiger partial charge < -0.3 is 14.4 Å². The number of sulfonamides is 1. The molecule has 0 saturated carbocycles. The van der Waals surface area contributed by atoms with E-state index in [1.165, 1.54) is 16.4 Å². The number of carbonyl (C=O) groups is 1. The fourth-order valence-corrected chi connectivity index (χ4v) is 5.89. The van der Waals surface area contributed by atoms with Crippen LogP contribution in [0.2, 0.25) is 0 Å². The van der Waals surface area contributed by atoms with Crippen LogP contribution < -0.4 is 4.74 Å². The minimum atomic E-state index is -3.64. The van der Waals surface area contributed by atoms with E-state index in [1.54, 1.807) is 41.1 Å². The predicted octanol–water partition coefficient (Wildman–Crippen LogP) is 4.22. The van der Waals surface area contributed by atoms with Gasteiger partial charge in [0, 0.05) is 30.2 Å². The van der Waals surface area contributed by atoms with Gasteiger partial charge in [-0.15, -0.1) is 0 Å². The van der Waals surface area contributed by atoms with Crippen molar-refractivity contribution in [2.45, 2.75) is 50.2 Å². The number of nitrogens with zero attached hydrogens (tertiary/aromatic N) is 2. The van der Waals surface area contributed by atoms with Crippen LogP contribution in [0.3, 0.4) is 0 Å². The van der Waals surface area contributed by atoms with E-state index in [2.05, 4.69) is 0 Å². The topological polar surface area (TPSA) is 88.8 Å². The van der Waals surface area contributed by atoms with Crippen molar-refractivity contribution in [1.29, 1.82) is 0 Å². The largest absolute Gasteiger partial charge is 0.491 e. The van der Waals surface area contributed by atoms with E-state index in [4.69, 9.17) is 4.74 Å². The van der Waals surface area contributed by atoms with Gasteiger partial charge in [-0.1, -0.05) is 0 Å². The summed E-state index contributed by atoms with van der Waals surface area (Å²) in [5.41, 5.74) is 1.52. The molecule has 2 aromatic carbocycles. The van der Waals surface area contributed by atoms with Crippen molar-refractivity contribution >= 4 is 26.9 Å². The monoisotopic (exact) mass is 474 g/mol. The first-order chi connectivity index (χ1) is 15.6. The van der Waals surface area contributed by atoms with Gasteiger partial charge in [0.05, 0.1) is 11.0 Å². The van der Waals surface area contributed by atoms with E-state index in [-0.39, 0.29) is 29.3 Å². The maximum Gasteiger partial charge on any atom is 0.323 e. The van der Waals surface area contributed by atoms with Gasteiger partial charge in [-0.3, -0.25) is 4.79 Å². The molecule has 1 saturated heterocycles. The Morgan fingerprint density at radius 1 is 1.15 bits per heavy atom. The number of carboxylic acid groups (broad SMARTS) is 1. The van der Waals surface area contributed by atoms with Gasteiger partial charge in [0.1, 0.15) is 18.1 Å². The number of aromatic nitrogens is 1. The fourth-order valence-electron chi connectivity index (χ4n) is 4.42. The van der Waals surface area contributed by atoms with Gasteiger partial charge in [-0.2, -0.15) is 4.31 Å². The van der Waals surface area contributed by atoms with E-state index in [1.807, 2.05) is 13.8 Å². The average molecular weight is 475 g/mol. The molecule has 1 aromatic heterocycles. The highest BCUT2D eigenvalue weighted by molar-refractivity contribution is 7.89. The fraction of sp³-hybridized carbons (Fsp3) is 0.375. The Morgan fingerprint density at radius 2 is 1.82 bits per heavy atom. The third-order valence-corrected chi connectivity index (χ3v) is 7.82. The van der Waals surface area contributed by atoms with Crippen molar-refractivity contribution < 1.29 is 27.4 Å². The number of hydrogen-bond donors (Lipinski definition) is 1. The molecule has 0 spiro atoms. The number of benzene rings is 2. The van der Waals surface area contributed by atoms with Gasteiger partial charge in [0.2, 0.25) is 10.0 Å². The van der Waals surface area contributed by atoms with Gasteiger partial charge in [0.15, 0.2) is 0 Å². The molecule has 9 heteroatoms. The van der Waals surface area contributed by atoms with Crippen LogP contribution in [0.15, 0.2) is 53.6 Å². The number of halogens is 1. The van der Waals surface area contributed by atoms with Crippen LogP contribution in [0, 0.1) is 5.82 Å². The first-order valence-electron chi connectivity index (χ1n) is 10.9. The molecule has 0 amide bonds. The Morgan fingerprint density at radius 3 is 2.42 bits per heavy atom. The van der Waals surface area contributed by atoms with Crippen LogP contribution in [0.5, 0.6) is 5.75 Å². The maximum absolute atomic E-state index is 13.9. The van der Waals surface area contributed by atoms with Crippen molar-refractivity contribution in [3.05, 3.63) is 60.0 Å². The van der Waals surface area contributed by atoms with E-state index in [0.717, 1.165) is 5.56 Å². The molecule has 4 rings (SSSR count). The Hall–Kier alpha value is -2.91. The van der Waals surface area contributed by atoms with Gasteiger partial charge in [-0.25, -0.2) is 12.8 Å². The zero-order chi connectivity index (χ0) is 23.8. The highest BCUT2D eigenvalue weighted by atomic mass is 32.2. The number of rotatable bonds is 7. The van der Waals surface area contributed by atoms with Crippen molar-refractivity contribution in [3.63, 3.8) is 0 Å². The summed E-state index contributed by atoms with van der Waals surface area (Å²) in [5, 5.41) is 9.90. The molecule has 0 atom stereocenters. The SMILES string of the molecule is CC(C)Oc1ccc(S(=O)(=O)N2CCC(c3cn(CC(=O)O)c4ccc(F)cc34)CC2)cc1. The van der Waals surface area contributed by atoms with E-state index >= 15 is 0 Å². The van der Waals surface area contributed by atoms with Crippen LogP contribution in [0.1, 0.15) is 38.2 Å². The van der Waals surface area contributed by atoms with E-state index < -0.39 is 16.0 Å². The van der Waals surface area contributed by atoms with Gasteiger partial charge in [0.25, 0.3) is 0 Å². The summed E-state index contributed by atoms with van der Waals surface area (Å²) in [4.78, 5) is 11.5. The highest BCUT2D eigenvalue weighted by Gasteiger charge is 2.31. The molecule has 176 valence electrons. The summed E-state index contributed by atoms with van der Waals surface area (Å²) >= 11 is 0. The number of ether oxygens (including phenoxy) is 1. The lowest BCUT2D eigenvalue weighted by Gasteiger charge is -2.31. The molecule has 1 aliphatic heterocycles. The molecule has 7 nitrogen and oxygen atoms in total. The Kier molecular flexibility index (Phi) is 6.45. The number of fused-ring (bicyclic) bond motifs is 1. The minimum absolute atomic E-state index is 0.00130. The summed E-state index contributed by atoms with van der Waals surface area (Å²) in [5.74, 6) is -0.736. The normalized spacial score (nSPS) is 15.9. The van der Waals surface area contributed by atoms with Gasteiger partial charge in [-0.05, 0) is 80.6 Å². The first kappa shape index (κ1) is 23.3. The summed E-state index contributed by atoms with van der Waals surface area (Å²) < 4.78 is 48.8. The third-order valence-electron chi connectivity index (χ3n) is 5.91. The van der Waals surface area contributed by atoms with Crippen molar-refractivity contribution in [1.82, 2.24) is 8.87 Å². The van der Waals surface area contributed by atoms with Crippen molar-refractivity contribution in [2.24, 2.45) is 0 Å². The van der Waals surface area contributed by atoms with E-state index in [9.17, 15) is 22.7 Å². The zero-order valence-corrected chi connectivity index (χ0v) is 19.4. The molecule has 1 aliphatic rings. The van der Waals surface area contributed by atoms with Crippen LogP contribution in [-0.4, -0.2) is 47.6 Å². The lowest BCUT2D eigenvalue weighted by molar-refractivity contribution is -0.137. The standard InChI is InChI=1S/C24H27FN2O5S/c1-16(2)32-19-4-6-20(7-5-19)33(30,31)27-11-9-17(10-12-27)22-14-26(15-24(28)29)23-8-3-18(25)13-21(22)23/h3-8,13-14,16-17H,9-12,15H2,1-2H3,(H,28,29). The smallest absolute Gasteiger partial charge is 0.323 e. The number of piperidine rings is 1. The average Bonchev–Trinajstić information content (AvgIpc) is 3.10. The maximum atomic E-state index is 13.9. The van der Waals surface area contributed by atoms with Crippen molar-refractivity contribution in [3.8, 4) is 5.75 Å². The lowest BCUT2D eigenvalue weighted by atomic mass is 9.90. The van der Waals surface area contributed by atoms with Gasteiger partial charge >= 0.3 is 5.97 Å². The quantitative estimate of drug-likeness (QED) is 0.554. The molecule has 3 aromatic rings. The molecule has 33 heavy (non-hydrogen) atoms. The Bertz CT molecular complexity index is 1260. The van der Waals surface area contributed by atoms with E-state index in [0.29, 0.717) is 42.6 Å².